The summed E-state index contributed by atoms with van der Waals surface area (Å²) in [6.45, 7) is 2.64. The SMILES string of the molecule is CN=C(NCC1(c2ccc3c(c2)OCO3)CCOCC1)NC1CC2CCC1O2. The predicted molar refractivity (Wildman–Crippen MR) is 105 cm³/mol. The molecule has 7 heteroatoms. The van der Waals surface area contributed by atoms with Gasteiger partial charge in [0, 0.05) is 32.2 Å². The summed E-state index contributed by atoms with van der Waals surface area (Å²) in [5, 5.41) is 7.17. The molecule has 0 spiro atoms. The third kappa shape index (κ3) is 3.31. The molecule has 7 nitrogen and oxygen atoms in total. The second kappa shape index (κ2) is 7.44. The van der Waals surface area contributed by atoms with E-state index < -0.39 is 0 Å². The minimum absolute atomic E-state index is 0.0119. The summed E-state index contributed by atoms with van der Waals surface area (Å²) in [7, 11) is 1.83. The summed E-state index contributed by atoms with van der Waals surface area (Å²) in [6, 6.07) is 6.69. The van der Waals surface area contributed by atoms with Gasteiger partial charge in [0.2, 0.25) is 6.79 Å². The number of hydrogen-bond acceptors (Lipinski definition) is 5. The number of nitrogens with zero attached hydrogens (tertiary/aromatic N) is 1. The van der Waals surface area contributed by atoms with Crippen molar-refractivity contribution in [3.05, 3.63) is 23.8 Å². The van der Waals surface area contributed by atoms with Gasteiger partial charge >= 0.3 is 0 Å². The molecule has 0 saturated carbocycles. The largest absolute Gasteiger partial charge is 0.454 e. The van der Waals surface area contributed by atoms with Crippen molar-refractivity contribution in [2.24, 2.45) is 4.99 Å². The highest BCUT2D eigenvalue weighted by molar-refractivity contribution is 5.80. The first kappa shape index (κ1) is 18.1. The van der Waals surface area contributed by atoms with Crippen molar-refractivity contribution in [2.45, 2.75) is 55.8 Å². The average Bonchev–Trinajstić information content (AvgIpc) is 3.48. The van der Waals surface area contributed by atoms with Crippen molar-refractivity contribution < 1.29 is 18.9 Å². The van der Waals surface area contributed by atoms with Crippen molar-refractivity contribution in [1.82, 2.24) is 10.6 Å². The van der Waals surface area contributed by atoms with E-state index in [1.54, 1.807) is 0 Å². The molecule has 4 aliphatic heterocycles. The van der Waals surface area contributed by atoms with Crippen LogP contribution in [0.1, 0.15) is 37.7 Å². The number of aliphatic imine (C=N–C) groups is 1. The molecule has 0 aromatic heterocycles. The number of rotatable bonds is 4. The van der Waals surface area contributed by atoms with Crippen LogP contribution in [-0.2, 0) is 14.9 Å². The third-order valence-electron chi connectivity index (χ3n) is 6.68. The Hall–Kier alpha value is -1.99. The van der Waals surface area contributed by atoms with Gasteiger partial charge in [-0.15, -0.1) is 0 Å². The molecule has 1 aromatic rings. The number of nitrogens with one attached hydrogen (secondary N) is 2. The van der Waals surface area contributed by atoms with Gasteiger partial charge in [0.15, 0.2) is 17.5 Å². The van der Waals surface area contributed by atoms with Crippen LogP contribution in [-0.4, -0.2) is 57.8 Å². The molecule has 5 rings (SSSR count). The van der Waals surface area contributed by atoms with Crippen LogP contribution >= 0.6 is 0 Å². The maximum absolute atomic E-state index is 5.97. The highest BCUT2D eigenvalue weighted by atomic mass is 16.7. The Labute approximate surface area is 165 Å². The molecule has 152 valence electrons. The highest BCUT2D eigenvalue weighted by Crippen LogP contribution is 2.40. The van der Waals surface area contributed by atoms with Crippen LogP contribution in [0.3, 0.4) is 0 Å². The topological polar surface area (TPSA) is 73.3 Å². The normalized spacial score (nSPS) is 30.5. The van der Waals surface area contributed by atoms with E-state index in [9.17, 15) is 0 Å². The van der Waals surface area contributed by atoms with Crippen molar-refractivity contribution in [1.29, 1.82) is 0 Å². The molecule has 3 unspecified atom stereocenters. The van der Waals surface area contributed by atoms with Crippen LogP contribution in [0.25, 0.3) is 0 Å². The minimum Gasteiger partial charge on any atom is -0.454 e. The summed E-state index contributed by atoms with van der Waals surface area (Å²) in [5.74, 6) is 2.52. The monoisotopic (exact) mass is 387 g/mol. The van der Waals surface area contributed by atoms with Gasteiger partial charge in [-0.1, -0.05) is 6.07 Å². The molecular formula is C21H29N3O4. The molecule has 28 heavy (non-hydrogen) atoms. The second-order valence-electron chi connectivity index (χ2n) is 8.25. The first-order valence-corrected chi connectivity index (χ1v) is 10.4. The van der Waals surface area contributed by atoms with Crippen LogP contribution in [0.5, 0.6) is 11.5 Å². The Morgan fingerprint density at radius 2 is 2.04 bits per heavy atom. The predicted octanol–water partition coefficient (Wildman–Crippen LogP) is 1.95. The van der Waals surface area contributed by atoms with Crippen LogP contribution in [0.2, 0.25) is 0 Å². The first-order valence-electron chi connectivity index (χ1n) is 10.4. The van der Waals surface area contributed by atoms with Crippen molar-refractivity contribution in [3.8, 4) is 11.5 Å². The van der Waals surface area contributed by atoms with Crippen molar-refractivity contribution in [3.63, 3.8) is 0 Å². The molecule has 0 amide bonds. The van der Waals surface area contributed by atoms with Crippen molar-refractivity contribution in [2.75, 3.05) is 33.6 Å². The third-order valence-corrected chi connectivity index (χ3v) is 6.68. The van der Waals surface area contributed by atoms with Gasteiger partial charge < -0.3 is 29.6 Å². The standard InChI is InChI=1S/C21H29N3O4/c1-22-20(24-16-11-15-3-5-17(16)28-15)23-12-21(6-8-25-9-7-21)14-2-4-18-19(10-14)27-13-26-18/h2,4,10,15-17H,3,5-9,11-13H2,1H3,(H2,22,23,24). The number of hydrogen-bond donors (Lipinski definition) is 2. The molecule has 0 aliphatic carbocycles. The number of guanidine groups is 1. The van der Waals surface area contributed by atoms with E-state index in [0.717, 1.165) is 62.9 Å². The molecule has 4 aliphatic rings. The van der Waals surface area contributed by atoms with Gasteiger partial charge in [-0.2, -0.15) is 0 Å². The van der Waals surface area contributed by atoms with Gasteiger partial charge in [0.1, 0.15) is 0 Å². The van der Waals surface area contributed by atoms with E-state index in [0.29, 0.717) is 25.0 Å². The molecule has 0 radical (unpaired) electrons. The van der Waals surface area contributed by atoms with Crippen molar-refractivity contribution >= 4 is 5.96 Å². The molecular weight excluding hydrogens is 358 g/mol. The van der Waals surface area contributed by atoms with E-state index in [2.05, 4.69) is 27.8 Å². The van der Waals surface area contributed by atoms with E-state index >= 15 is 0 Å². The maximum atomic E-state index is 5.97. The Kier molecular flexibility index (Phi) is 4.80. The fourth-order valence-electron chi connectivity index (χ4n) is 4.97. The van der Waals surface area contributed by atoms with E-state index in [4.69, 9.17) is 18.9 Å². The van der Waals surface area contributed by atoms with Crippen LogP contribution < -0.4 is 20.1 Å². The lowest BCUT2D eigenvalue weighted by molar-refractivity contribution is 0.0512. The molecule has 4 heterocycles. The molecule has 2 N–H and O–H groups in total. The molecule has 3 atom stereocenters. The smallest absolute Gasteiger partial charge is 0.231 e. The lowest BCUT2D eigenvalue weighted by Crippen LogP contribution is -2.51. The quantitative estimate of drug-likeness (QED) is 0.608. The average molecular weight is 387 g/mol. The van der Waals surface area contributed by atoms with Gasteiger partial charge in [0.05, 0.1) is 18.2 Å². The zero-order valence-corrected chi connectivity index (χ0v) is 16.4. The highest BCUT2D eigenvalue weighted by Gasteiger charge is 2.41. The fraction of sp³-hybridized carbons (Fsp3) is 0.667. The van der Waals surface area contributed by atoms with E-state index in [1.165, 1.54) is 12.0 Å². The Bertz CT molecular complexity index is 747. The van der Waals surface area contributed by atoms with Crippen LogP contribution in [0.4, 0.5) is 0 Å². The number of benzene rings is 1. The van der Waals surface area contributed by atoms with E-state index in [1.807, 2.05) is 13.1 Å². The van der Waals surface area contributed by atoms with Gasteiger partial charge in [0.25, 0.3) is 0 Å². The summed E-state index contributed by atoms with van der Waals surface area (Å²) < 4.78 is 22.7. The Morgan fingerprint density at radius 1 is 1.18 bits per heavy atom. The lowest BCUT2D eigenvalue weighted by atomic mass is 9.74. The number of fused-ring (bicyclic) bond motifs is 3. The Morgan fingerprint density at radius 3 is 2.79 bits per heavy atom. The molecule has 3 fully saturated rings. The number of ether oxygens (including phenoxy) is 4. The van der Waals surface area contributed by atoms with Gasteiger partial charge in [-0.05, 0) is 49.8 Å². The lowest BCUT2D eigenvalue weighted by Gasteiger charge is -2.38. The fourth-order valence-corrected chi connectivity index (χ4v) is 4.97. The maximum Gasteiger partial charge on any atom is 0.231 e. The first-order chi connectivity index (χ1) is 13.8. The second-order valence-corrected chi connectivity index (χ2v) is 8.25. The Balaban J connectivity index is 1.30. The van der Waals surface area contributed by atoms with Gasteiger partial charge in [-0.25, -0.2) is 0 Å². The minimum atomic E-state index is -0.0119. The summed E-state index contributed by atoms with van der Waals surface area (Å²) >= 11 is 0. The molecule has 3 saturated heterocycles. The van der Waals surface area contributed by atoms with Crippen LogP contribution in [0.15, 0.2) is 23.2 Å². The summed E-state index contributed by atoms with van der Waals surface area (Å²) in [5.41, 5.74) is 1.26. The zero-order chi connectivity index (χ0) is 19.0. The zero-order valence-electron chi connectivity index (χ0n) is 16.4. The summed E-state index contributed by atoms with van der Waals surface area (Å²) in [4.78, 5) is 4.47. The summed E-state index contributed by atoms with van der Waals surface area (Å²) in [6.07, 6.45) is 6.11. The molecule has 1 aromatic carbocycles. The van der Waals surface area contributed by atoms with Crippen LogP contribution in [0, 0.1) is 0 Å². The molecule has 2 bridgehead atoms. The van der Waals surface area contributed by atoms with E-state index in [-0.39, 0.29) is 5.41 Å². The van der Waals surface area contributed by atoms with Gasteiger partial charge in [-0.3, -0.25) is 4.99 Å².